The molecule has 0 spiro atoms. The largest absolute Gasteiger partial charge is 0.493 e. The van der Waals surface area contributed by atoms with E-state index in [2.05, 4.69) is 21.2 Å². The summed E-state index contributed by atoms with van der Waals surface area (Å²) >= 11 is 3.37. The summed E-state index contributed by atoms with van der Waals surface area (Å²) < 4.78 is 6.49. The number of nitrogens with two attached hydrogens (primary N) is 1. The van der Waals surface area contributed by atoms with Crippen LogP contribution < -0.4 is 15.8 Å². The van der Waals surface area contributed by atoms with Gasteiger partial charge in [0.25, 0.3) is 0 Å². The lowest BCUT2D eigenvalue weighted by Crippen LogP contribution is -2.42. The molecule has 19 heavy (non-hydrogen) atoms. The van der Waals surface area contributed by atoms with E-state index in [1.54, 1.807) is 0 Å². The molecule has 0 heterocycles. The molecule has 1 aromatic rings. The van der Waals surface area contributed by atoms with E-state index in [-0.39, 0.29) is 11.9 Å². The summed E-state index contributed by atoms with van der Waals surface area (Å²) in [5, 5.41) is 2.97. The summed E-state index contributed by atoms with van der Waals surface area (Å²) in [4.78, 5) is 11.7. The van der Waals surface area contributed by atoms with Gasteiger partial charge in [-0.1, -0.05) is 22.0 Å². The third-order valence-corrected chi connectivity index (χ3v) is 3.68. The topological polar surface area (TPSA) is 64.3 Å². The first-order chi connectivity index (χ1) is 9.19. The molecule has 1 fully saturated rings. The highest BCUT2D eigenvalue weighted by Crippen LogP contribution is 2.32. The molecule has 5 heteroatoms. The van der Waals surface area contributed by atoms with Gasteiger partial charge in [0.2, 0.25) is 5.91 Å². The van der Waals surface area contributed by atoms with Gasteiger partial charge < -0.3 is 15.8 Å². The van der Waals surface area contributed by atoms with Crippen molar-refractivity contribution in [2.45, 2.75) is 25.3 Å². The molecule has 4 nitrogen and oxygen atoms in total. The number of carbonyl (C=O) groups is 1. The van der Waals surface area contributed by atoms with E-state index in [9.17, 15) is 4.79 Å². The van der Waals surface area contributed by atoms with E-state index in [1.165, 1.54) is 12.8 Å². The van der Waals surface area contributed by atoms with E-state index >= 15 is 0 Å². The maximum atomic E-state index is 11.7. The van der Waals surface area contributed by atoms with Crippen LogP contribution in [0.4, 0.5) is 0 Å². The van der Waals surface area contributed by atoms with E-state index in [0.29, 0.717) is 25.5 Å². The van der Waals surface area contributed by atoms with Gasteiger partial charge in [0.1, 0.15) is 5.75 Å². The Morgan fingerprint density at radius 2 is 2.32 bits per heavy atom. The molecule has 1 unspecified atom stereocenters. The van der Waals surface area contributed by atoms with Crippen LogP contribution in [0.2, 0.25) is 0 Å². The number of nitrogens with one attached hydrogen (secondary N) is 1. The molecule has 0 radical (unpaired) electrons. The molecular formula is C14H19BrN2O2. The minimum Gasteiger partial charge on any atom is -0.493 e. The lowest BCUT2D eigenvalue weighted by Gasteiger charge is -2.16. The van der Waals surface area contributed by atoms with Crippen molar-refractivity contribution >= 4 is 21.8 Å². The quantitative estimate of drug-likeness (QED) is 0.806. The Bertz CT molecular complexity index is 435. The highest BCUT2D eigenvalue weighted by atomic mass is 79.9. The molecule has 1 aliphatic rings. The highest BCUT2D eigenvalue weighted by Gasteiger charge is 2.30. The molecular weight excluding hydrogens is 308 g/mol. The molecule has 1 saturated carbocycles. The van der Waals surface area contributed by atoms with Gasteiger partial charge in [-0.15, -0.1) is 0 Å². The van der Waals surface area contributed by atoms with Crippen molar-refractivity contribution in [3.05, 3.63) is 28.7 Å². The standard InChI is InChI=1S/C14H19BrN2O2/c15-11-2-1-3-12(8-11)19-7-6-14(18)17-13(9-16)10-4-5-10/h1-3,8,10,13H,4-7,9,16H2,(H,17,18). The highest BCUT2D eigenvalue weighted by molar-refractivity contribution is 9.10. The fourth-order valence-electron chi connectivity index (χ4n) is 1.97. The van der Waals surface area contributed by atoms with Crippen LogP contribution in [0, 0.1) is 5.92 Å². The van der Waals surface area contributed by atoms with Crippen LogP contribution in [0.5, 0.6) is 5.75 Å². The summed E-state index contributed by atoms with van der Waals surface area (Å²) in [6.07, 6.45) is 2.71. The predicted molar refractivity (Wildman–Crippen MR) is 78.0 cm³/mol. The van der Waals surface area contributed by atoms with Crippen LogP contribution in [0.3, 0.4) is 0 Å². The van der Waals surface area contributed by atoms with Crippen LogP contribution in [0.1, 0.15) is 19.3 Å². The smallest absolute Gasteiger partial charge is 0.223 e. The molecule has 0 saturated heterocycles. The van der Waals surface area contributed by atoms with Gasteiger partial charge in [-0.25, -0.2) is 0 Å². The third-order valence-electron chi connectivity index (χ3n) is 3.19. The van der Waals surface area contributed by atoms with E-state index < -0.39 is 0 Å². The molecule has 104 valence electrons. The van der Waals surface area contributed by atoms with Gasteiger partial charge >= 0.3 is 0 Å². The van der Waals surface area contributed by atoms with Crippen molar-refractivity contribution < 1.29 is 9.53 Å². The minimum atomic E-state index is 0.0114. The summed E-state index contributed by atoms with van der Waals surface area (Å²) in [5.74, 6) is 1.36. The molecule has 0 aliphatic heterocycles. The zero-order chi connectivity index (χ0) is 13.7. The van der Waals surface area contributed by atoms with Gasteiger partial charge in [0, 0.05) is 17.1 Å². The third kappa shape index (κ3) is 4.84. The van der Waals surface area contributed by atoms with Crippen molar-refractivity contribution in [3.63, 3.8) is 0 Å². The molecule has 0 bridgehead atoms. The Balaban J connectivity index is 1.68. The lowest BCUT2D eigenvalue weighted by molar-refractivity contribution is -0.122. The number of amides is 1. The van der Waals surface area contributed by atoms with Gasteiger partial charge in [-0.05, 0) is 37.0 Å². The zero-order valence-electron chi connectivity index (χ0n) is 10.8. The predicted octanol–water partition coefficient (Wildman–Crippen LogP) is 2.07. The number of ether oxygens (including phenoxy) is 1. The SMILES string of the molecule is NCC(NC(=O)CCOc1cccc(Br)c1)C1CC1. The number of hydrogen-bond donors (Lipinski definition) is 2. The normalized spacial score (nSPS) is 15.9. The first-order valence-electron chi connectivity index (χ1n) is 6.57. The monoisotopic (exact) mass is 326 g/mol. The number of benzene rings is 1. The van der Waals surface area contributed by atoms with Gasteiger partial charge in [-0.2, -0.15) is 0 Å². The van der Waals surface area contributed by atoms with Crippen LogP contribution in [-0.4, -0.2) is 25.1 Å². The number of carbonyl (C=O) groups excluding carboxylic acids is 1. The second-order valence-electron chi connectivity index (χ2n) is 4.80. The Hall–Kier alpha value is -1.07. The molecule has 3 N–H and O–H groups in total. The maximum absolute atomic E-state index is 11.7. The molecule has 0 aromatic heterocycles. The maximum Gasteiger partial charge on any atom is 0.223 e. The van der Waals surface area contributed by atoms with E-state index in [4.69, 9.17) is 10.5 Å². The second-order valence-corrected chi connectivity index (χ2v) is 5.72. The van der Waals surface area contributed by atoms with Gasteiger partial charge in [0.05, 0.1) is 13.0 Å². The first-order valence-corrected chi connectivity index (χ1v) is 7.36. The van der Waals surface area contributed by atoms with Crippen LogP contribution >= 0.6 is 15.9 Å². The van der Waals surface area contributed by atoms with Crippen molar-refractivity contribution in [2.24, 2.45) is 11.7 Å². The Morgan fingerprint density at radius 3 is 2.95 bits per heavy atom. The van der Waals surface area contributed by atoms with Crippen molar-refractivity contribution in [2.75, 3.05) is 13.2 Å². The summed E-state index contributed by atoms with van der Waals surface area (Å²) in [7, 11) is 0. The molecule has 1 amide bonds. The fourth-order valence-corrected chi connectivity index (χ4v) is 2.34. The minimum absolute atomic E-state index is 0.0114. The van der Waals surface area contributed by atoms with Crippen molar-refractivity contribution in [1.29, 1.82) is 0 Å². The molecule has 1 atom stereocenters. The molecule has 2 rings (SSSR count). The average Bonchev–Trinajstić information content (AvgIpc) is 3.20. The summed E-state index contributed by atoms with van der Waals surface area (Å²) in [5.41, 5.74) is 5.65. The van der Waals surface area contributed by atoms with Gasteiger partial charge in [0.15, 0.2) is 0 Å². The van der Waals surface area contributed by atoms with Crippen LogP contribution in [-0.2, 0) is 4.79 Å². The van der Waals surface area contributed by atoms with Crippen molar-refractivity contribution in [1.82, 2.24) is 5.32 Å². The average molecular weight is 327 g/mol. The fraction of sp³-hybridized carbons (Fsp3) is 0.500. The molecule has 1 aromatic carbocycles. The van der Waals surface area contributed by atoms with Crippen molar-refractivity contribution in [3.8, 4) is 5.75 Å². The molecule has 1 aliphatic carbocycles. The summed E-state index contributed by atoms with van der Waals surface area (Å²) in [6, 6.07) is 7.72. The first kappa shape index (κ1) is 14.3. The summed E-state index contributed by atoms with van der Waals surface area (Å²) in [6.45, 7) is 0.896. The Labute approximate surface area is 121 Å². The van der Waals surface area contributed by atoms with E-state index in [0.717, 1.165) is 10.2 Å². The number of halogens is 1. The lowest BCUT2D eigenvalue weighted by atomic mass is 10.2. The van der Waals surface area contributed by atoms with Gasteiger partial charge in [-0.3, -0.25) is 4.79 Å². The second kappa shape index (κ2) is 6.91. The van der Waals surface area contributed by atoms with Crippen LogP contribution in [0.15, 0.2) is 28.7 Å². The zero-order valence-corrected chi connectivity index (χ0v) is 12.4. The van der Waals surface area contributed by atoms with Crippen LogP contribution in [0.25, 0.3) is 0 Å². The number of rotatable bonds is 7. The Kier molecular flexibility index (Phi) is 5.22. The Morgan fingerprint density at radius 1 is 1.53 bits per heavy atom. The number of hydrogen-bond acceptors (Lipinski definition) is 3. The van der Waals surface area contributed by atoms with E-state index in [1.807, 2.05) is 24.3 Å².